The van der Waals surface area contributed by atoms with Crippen LogP contribution < -0.4 is 4.74 Å². The van der Waals surface area contributed by atoms with E-state index in [1.165, 1.54) is 0 Å². The first-order valence-electron chi connectivity index (χ1n) is 11.2. The van der Waals surface area contributed by atoms with Crippen molar-refractivity contribution in [3.05, 3.63) is 59.2 Å². The maximum absolute atomic E-state index is 12.7. The minimum atomic E-state index is -0.303. The van der Waals surface area contributed by atoms with Crippen LogP contribution in [0, 0.1) is 5.92 Å². The SMILES string of the molecule is CCc1ccc(OCc2ccccc2)c(O)c1C12CCN(C)C(C)C1CCC(=O)C2. The number of ether oxygens (including phenoxy) is 1. The normalized spacial score (nSPS) is 27.0. The molecule has 1 aliphatic heterocycles. The highest BCUT2D eigenvalue weighted by atomic mass is 16.5. The Labute approximate surface area is 179 Å². The summed E-state index contributed by atoms with van der Waals surface area (Å²) in [6.45, 7) is 5.74. The van der Waals surface area contributed by atoms with Gasteiger partial charge in [0.2, 0.25) is 0 Å². The van der Waals surface area contributed by atoms with Crippen LogP contribution in [0.4, 0.5) is 0 Å². The smallest absolute Gasteiger partial charge is 0.161 e. The molecule has 2 aromatic rings. The highest BCUT2D eigenvalue weighted by Gasteiger charge is 2.52. The van der Waals surface area contributed by atoms with Gasteiger partial charge < -0.3 is 14.7 Å². The number of likely N-dealkylation sites (tertiary alicyclic amines) is 1. The predicted molar refractivity (Wildman–Crippen MR) is 119 cm³/mol. The van der Waals surface area contributed by atoms with Gasteiger partial charge in [-0.3, -0.25) is 4.79 Å². The van der Waals surface area contributed by atoms with Crippen LogP contribution in [0.15, 0.2) is 42.5 Å². The van der Waals surface area contributed by atoms with E-state index in [2.05, 4.69) is 31.9 Å². The topological polar surface area (TPSA) is 49.8 Å². The maximum atomic E-state index is 12.7. The van der Waals surface area contributed by atoms with Crippen LogP contribution in [0.2, 0.25) is 0 Å². The Morgan fingerprint density at radius 3 is 2.70 bits per heavy atom. The fourth-order valence-electron chi connectivity index (χ4n) is 5.74. The summed E-state index contributed by atoms with van der Waals surface area (Å²) in [5.41, 5.74) is 2.86. The second kappa shape index (κ2) is 8.43. The number of Topliss-reactive ketones (excluding diaryl/α,β-unsaturated/α-hetero) is 1. The lowest BCUT2D eigenvalue weighted by atomic mass is 9.55. The van der Waals surface area contributed by atoms with E-state index in [1.807, 2.05) is 36.4 Å². The molecule has 1 aliphatic carbocycles. The van der Waals surface area contributed by atoms with Gasteiger partial charge in [0.15, 0.2) is 11.5 Å². The van der Waals surface area contributed by atoms with Crippen molar-refractivity contribution < 1.29 is 14.6 Å². The second-order valence-corrected chi connectivity index (χ2v) is 9.06. The van der Waals surface area contributed by atoms with Crippen molar-refractivity contribution in [3.8, 4) is 11.5 Å². The van der Waals surface area contributed by atoms with Gasteiger partial charge in [-0.2, -0.15) is 0 Å². The summed E-state index contributed by atoms with van der Waals surface area (Å²) in [4.78, 5) is 15.1. The quantitative estimate of drug-likeness (QED) is 0.769. The molecule has 4 heteroatoms. The van der Waals surface area contributed by atoms with Gasteiger partial charge in [-0.25, -0.2) is 0 Å². The molecule has 1 saturated carbocycles. The molecule has 0 spiro atoms. The molecule has 30 heavy (non-hydrogen) atoms. The number of phenolic OH excluding ortho intramolecular Hbond substituents is 1. The average Bonchev–Trinajstić information content (AvgIpc) is 2.76. The van der Waals surface area contributed by atoms with Gasteiger partial charge in [-0.1, -0.05) is 43.3 Å². The van der Waals surface area contributed by atoms with E-state index in [0.717, 1.165) is 42.5 Å². The minimum absolute atomic E-state index is 0.238. The molecule has 2 fully saturated rings. The Kier molecular flexibility index (Phi) is 5.88. The zero-order valence-electron chi connectivity index (χ0n) is 18.4. The van der Waals surface area contributed by atoms with Gasteiger partial charge in [0.1, 0.15) is 12.4 Å². The maximum Gasteiger partial charge on any atom is 0.161 e. The number of carbonyl (C=O) groups excluding carboxylic acids is 1. The van der Waals surface area contributed by atoms with Crippen LogP contribution >= 0.6 is 0 Å². The summed E-state index contributed by atoms with van der Waals surface area (Å²) in [6.07, 6.45) is 3.79. The fourth-order valence-corrected chi connectivity index (χ4v) is 5.74. The molecule has 0 aromatic heterocycles. The van der Waals surface area contributed by atoms with Crippen molar-refractivity contribution in [3.63, 3.8) is 0 Å². The number of piperidine rings is 1. The molecule has 3 atom stereocenters. The number of aryl methyl sites for hydroxylation is 1. The van der Waals surface area contributed by atoms with Gasteiger partial charge in [0, 0.05) is 29.9 Å². The lowest BCUT2D eigenvalue weighted by Gasteiger charge is -2.54. The van der Waals surface area contributed by atoms with Gasteiger partial charge in [-0.05, 0) is 62.9 Å². The first-order valence-corrected chi connectivity index (χ1v) is 11.2. The molecule has 0 amide bonds. The van der Waals surface area contributed by atoms with Crippen LogP contribution in [0.3, 0.4) is 0 Å². The average molecular weight is 408 g/mol. The van der Waals surface area contributed by atoms with Gasteiger partial charge >= 0.3 is 0 Å². The van der Waals surface area contributed by atoms with Crippen molar-refractivity contribution in [2.45, 2.75) is 64.0 Å². The molecule has 1 N–H and O–H groups in total. The number of fused-ring (bicyclic) bond motifs is 1. The number of hydrogen-bond donors (Lipinski definition) is 1. The van der Waals surface area contributed by atoms with E-state index in [0.29, 0.717) is 42.9 Å². The number of ketones is 1. The lowest BCUT2D eigenvalue weighted by Crippen LogP contribution is -2.56. The molecule has 0 bridgehead atoms. The van der Waals surface area contributed by atoms with E-state index in [9.17, 15) is 9.90 Å². The van der Waals surface area contributed by atoms with Crippen molar-refractivity contribution in [2.24, 2.45) is 5.92 Å². The molecule has 160 valence electrons. The van der Waals surface area contributed by atoms with E-state index in [4.69, 9.17) is 4.74 Å². The third-order valence-electron chi connectivity index (χ3n) is 7.49. The molecule has 2 aromatic carbocycles. The summed E-state index contributed by atoms with van der Waals surface area (Å²) in [7, 11) is 2.17. The highest BCUT2D eigenvalue weighted by molar-refractivity contribution is 5.82. The number of phenols is 1. The summed E-state index contributed by atoms with van der Waals surface area (Å²) in [5, 5.41) is 11.5. The summed E-state index contributed by atoms with van der Waals surface area (Å²) in [6, 6.07) is 14.3. The zero-order chi connectivity index (χ0) is 21.3. The largest absolute Gasteiger partial charge is 0.504 e. The Morgan fingerprint density at radius 2 is 1.97 bits per heavy atom. The van der Waals surface area contributed by atoms with Crippen molar-refractivity contribution in [1.82, 2.24) is 4.90 Å². The van der Waals surface area contributed by atoms with Crippen LogP contribution in [-0.2, 0) is 23.2 Å². The first kappa shape index (κ1) is 20.9. The number of carbonyl (C=O) groups is 1. The predicted octanol–water partition coefficient (Wildman–Crippen LogP) is 4.86. The van der Waals surface area contributed by atoms with Crippen LogP contribution in [-0.4, -0.2) is 35.4 Å². The Bertz CT molecular complexity index is 910. The number of rotatable bonds is 5. The van der Waals surface area contributed by atoms with Gasteiger partial charge in [0.05, 0.1) is 0 Å². The van der Waals surface area contributed by atoms with E-state index in [-0.39, 0.29) is 11.2 Å². The van der Waals surface area contributed by atoms with Crippen LogP contribution in [0.25, 0.3) is 0 Å². The molecule has 2 aliphatic rings. The first-order chi connectivity index (χ1) is 14.5. The zero-order valence-corrected chi connectivity index (χ0v) is 18.4. The van der Waals surface area contributed by atoms with Crippen LogP contribution in [0.1, 0.15) is 56.2 Å². The number of nitrogens with zero attached hydrogens (tertiary/aromatic N) is 1. The number of benzene rings is 2. The van der Waals surface area contributed by atoms with Crippen molar-refractivity contribution >= 4 is 5.78 Å². The number of aromatic hydroxyl groups is 1. The molecule has 4 nitrogen and oxygen atoms in total. The third kappa shape index (κ3) is 3.62. The minimum Gasteiger partial charge on any atom is -0.504 e. The standard InChI is InChI=1S/C26H33NO3/c1-4-20-10-13-23(30-17-19-8-6-5-7-9-19)25(29)24(20)26-14-15-27(3)18(2)22(26)12-11-21(28)16-26/h5-10,13,18,22,29H,4,11-12,14-17H2,1-3H3. The molecular formula is C26H33NO3. The Morgan fingerprint density at radius 1 is 1.20 bits per heavy atom. The molecule has 3 unspecified atom stereocenters. The van der Waals surface area contributed by atoms with Gasteiger partial charge in [0.25, 0.3) is 0 Å². The van der Waals surface area contributed by atoms with Gasteiger partial charge in [-0.15, -0.1) is 0 Å². The Hall–Kier alpha value is -2.33. The monoisotopic (exact) mass is 407 g/mol. The number of hydrogen-bond acceptors (Lipinski definition) is 4. The van der Waals surface area contributed by atoms with E-state index in [1.54, 1.807) is 0 Å². The lowest BCUT2D eigenvalue weighted by molar-refractivity contribution is -0.126. The van der Waals surface area contributed by atoms with E-state index >= 15 is 0 Å². The van der Waals surface area contributed by atoms with Crippen molar-refractivity contribution in [2.75, 3.05) is 13.6 Å². The molecule has 0 radical (unpaired) electrons. The highest BCUT2D eigenvalue weighted by Crippen LogP contribution is 2.55. The molecular weight excluding hydrogens is 374 g/mol. The van der Waals surface area contributed by atoms with Crippen molar-refractivity contribution in [1.29, 1.82) is 0 Å². The summed E-state index contributed by atoms with van der Waals surface area (Å²) < 4.78 is 6.06. The molecule has 1 heterocycles. The van der Waals surface area contributed by atoms with E-state index < -0.39 is 0 Å². The fraction of sp³-hybridized carbons (Fsp3) is 0.500. The molecule has 1 saturated heterocycles. The van der Waals surface area contributed by atoms with Crippen LogP contribution in [0.5, 0.6) is 11.5 Å². The Balaban J connectivity index is 1.76. The summed E-state index contributed by atoms with van der Waals surface area (Å²) in [5.74, 6) is 1.43. The third-order valence-corrected chi connectivity index (χ3v) is 7.49. The summed E-state index contributed by atoms with van der Waals surface area (Å²) >= 11 is 0. The molecule has 4 rings (SSSR count). The second-order valence-electron chi connectivity index (χ2n) is 9.06.